The van der Waals surface area contributed by atoms with Gasteiger partial charge in [0.1, 0.15) is 0 Å². The fourth-order valence-corrected chi connectivity index (χ4v) is 1.74. The van der Waals surface area contributed by atoms with Crippen molar-refractivity contribution in [3.8, 4) is 0 Å². The molecule has 2 N–H and O–H groups in total. The monoisotopic (exact) mass is 195 g/mol. The average molecular weight is 195 g/mol. The smallest absolute Gasteiger partial charge is 0.0604 e. The van der Waals surface area contributed by atoms with Crippen LogP contribution in [0.25, 0.3) is 0 Å². The summed E-state index contributed by atoms with van der Waals surface area (Å²) in [5.41, 5.74) is 1.21. The van der Waals surface area contributed by atoms with Crippen LogP contribution in [0.4, 0.5) is 0 Å². The van der Waals surface area contributed by atoms with Gasteiger partial charge in [-0.15, -0.1) is 0 Å². The van der Waals surface area contributed by atoms with Gasteiger partial charge in [-0.25, -0.2) is 0 Å². The second-order valence-corrected chi connectivity index (χ2v) is 3.73. The normalized spacial score (nSPS) is 26.1. The van der Waals surface area contributed by atoms with Gasteiger partial charge in [-0.2, -0.15) is 5.10 Å². The predicted molar refractivity (Wildman–Crippen MR) is 53.9 cm³/mol. The summed E-state index contributed by atoms with van der Waals surface area (Å²) in [6.07, 6.45) is 6.55. The Morgan fingerprint density at radius 1 is 1.64 bits per heavy atom. The highest BCUT2D eigenvalue weighted by Gasteiger charge is 2.28. The number of aromatic amines is 1. The molecule has 0 aliphatic heterocycles. The van der Waals surface area contributed by atoms with E-state index in [0.717, 1.165) is 26.0 Å². The van der Waals surface area contributed by atoms with Crippen LogP contribution in [0.15, 0.2) is 12.4 Å². The van der Waals surface area contributed by atoms with Crippen molar-refractivity contribution in [1.29, 1.82) is 0 Å². The van der Waals surface area contributed by atoms with E-state index in [2.05, 4.69) is 15.5 Å². The van der Waals surface area contributed by atoms with Gasteiger partial charge in [-0.3, -0.25) is 5.10 Å². The second-order valence-electron chi connectivity index (χ2n) is 3.73. The van der Waals surface area contributed by atoms with Gasteiger partial charge in [0.25, 0.3) is 0 Å². The largest absolute Gasteiger partial charge is 0.378 e. The lowest BCUT2D eigenvalue weighted by atomic mass is 9.89. The molecule has 0 aromatic carbocycles. The van der Waals surface area contributed by atoms with Crippen molar-refractivity contribution < 1.29 is 4.74 Å². The zero-order chi connectivity index (χ0) is 9.80. The van der Waals surface area contributed by atoms with Crippen LogP contribution in [0.2, 0.25) is 0 Å². The first-order chi connectivity index (χ1) is 6.88. The Balaban J connectivity index is 1.61. The molecule has 1 heterocycles. The Kier molecular flexibility index (Phi) is 3.16. The van der Waals surface area contributed by atoms with Gasteiger partial charge in [0.05, 0.1) is 12.3 Å². The Hall–Kier alpha value is -0.870. The quantitative estimate of drug-likeness (QED) is 0.738. The Labute approximate surface area is 84.0 Å². The van der Waals surface area contributed by atoms with E-state index in [-0.39, 0.29) is 0 Å². The van der Waals surface area contributed by atoms with Gasteiger partial charge in [-0.05, 0) is 19.8 Å². The lowest BCUT2D eigenvalue weighted by Gasteiger charge is -2.35. The number of ether oxygens (including phenoxy) is 1. The molecule has 1 aliphatic carbocycles. The van der Waals surface area contributed by atoms with Gasteiger partial charge in [0.2, 0.25) is 0 Å². The molecule has 1 aromatic heterocycles. The van der Waals surface area contributed by atoms with Crippen molar-refractivity contribution in [2.75, 3.05) is 6.61 Å². The third-order valence-electron chi connectivity index (χ3n) is 2.65. The summed E-state index contributed by atoms with van der Waals surface area (Å²) in [4.78, 5) is 0. The van der Waals surface area contributed by atoms with Crippen molar-refractivity contribution in [2.45, 2.75) is 38.5 Å². The van der Waals surface area contributed by atoms with Gasteiger partial charge in [0, 0.05) is 31.0 Å². The molecule has 0 atom stereocenters. The average Bonchev–Trinajstić information content (AvgIpc) is 2.61. The third-order valence-corrected chi connectivity index (χ3v) is 2.65. The lowest BCUT2D eigenvalue weighted by molar-refractivity contribution is -0.0102. The molecular formula is C10H17N3O. The van der Waals surface area contributed by atoms with E-state index in [1.165, 1.54) is 5.56 Å². The molecule has 0 saturated heterocycles. The zero-order valence-corrected chi connectivity index (χ0v) is 8.49. The molecule has 0 spiro atoms. The lowest BCUT2D eigenvalue weighted by Crippen LogP contribution is -2.45. The minimum absolute atomic E-state index is 0.488. The van der Waals surface area contributed by atoms with E-state index in [1.807, 2.05) is 19.3 Å². The summed E-state index contributed by atoms with van der Waals surface area (Å²) in [5.74, 6) is 0. The van der Waals surface area contributed by atoms with Gasteiger partial charge in [-0.1, -0.05) is 0 Å². The molecule has 2 rings (SSSR count). The number of hydrogen-bond acceptors (Lipinski definition) is 3. The van der Waals surface area contributed by atoms with Crippen molar-refractivity contribution in [1.82, 2.24) is 15.5 Å². The molecule has 1 aromatic rings. The Bertz CT molecular complexity index is 254. The van der Waals surface area contributed by atoms with Crippen LogP contribution in [0.5, 0.6) is 0 Å². The fraction of sp³-hybridized carbons (Fsp3) is 0.700. The van der Waals surface area contributed by atoms with Crippen molar-refractivity contribution in [3.05, 3.63) is 18.0 Å². The minimum Gasteiger partial charge on any atom is -0.378 e. The highest BCUT2D eigenvalue weighted by atomic mass is 16.5. The van der Waals surface area contributed by atoms with E-state index in [1.54, 1.807) is 0 Å². The van der Waals surface area contributed by atoms with E-state index < -0.39 is 0 Å². The van der Waals surface area contributed by atoms with Crippen molar-refractivity contribution >= 4 is 0 Å². The Morgan fingerprint density at radius 2 is 2.50 bits per heavy atom. The maximum Gasteiger partial charge on any atom is 0.0604 e. The van der Waals surface area contributed by atoms with Crippen LogP contribution in [-0.4, -0.2) is 29.0 Å². The Morgan fingerprint density at radius 3 is 3.14 bits per heavy atom. The highest BCUT2D eigenvalue weighted by molar-refractivity contribution is 5.02. The van der Waals surface area contributed by atoms with Crippen LogP contribution in [-0.2, 0) is 11.3 Å². The standard InChI is InChI=1S/C10H17N3O/c1-2-14-10-3-9(4-10)11-5-8-6-12-13-7-8/h6-7,9-11H,2-5H2,1H3,(H,12,13). The summed E-state index contributed by atoms with van der Waals surface area (Å²) in [6.45, 7) is 3.78. The van der Waals surface area contributed by atoms with Crippen LogP contribution < -0.4 is 5.32 Å². The number of rotatable bonds is 5. The molecule has 0 radical (unpaired) electrons. The van der Waals surface area contributed by atoms with Gasteiger partial charge < -0.3 is 10.1 Å². The molecule has 1 fully saturated rings. The summed E-state index contributed by atoms with van der Waals surface area (Å²) >= 11 is 0. The van der Waals surface area contributed by atoms with Crippen LogP contribution in [0.3, 0.4) is 0 Å². The number of H-pyrrole nitrogens is 1. The van der Waals surface area contributed by atoms with Crippen molar-refractivity contribution in [2.24, 2.45) is 0 Å². The van der Waals surface area contributed by atoms with E-state index in [0.29, 0.717) is 12.1 Å². The van der Waals surface area contributed by atoms with Crippen LogP contribution in [0, 0.1) is 0 Å². The molecule has 0 unspecified atom stereocenters. The first-order valence-corrected chi connectivity index (χ1v) is 5.21. The van der Waals surface area contributed by atoms with Crippen molar-refractivity contribution in [3.63, 3.8) is 0 Å². The molecule has 0 bridgehead atoms. The summed E-state index contributed by atoms with van der Waals surface area (Å²) < 4.78 is 5.49. The molecule has 78 valence electrons. The van der Waals surface area contributed by atoms with E-state index in [9.17, 15) is 0 Å². The van der Waals surface area contributed by atoms with Gasteiger partial charge in [0.15, 0.2) is 0 Å². The fourth-order valence-electron chi connectivity index (χ4n) is 1.74. The molecule has 4 heteroatoms. The number of nitrogens with one attached hydrogen (secondary N) is 2. The zero-order valence-electron chi connectivity index (χ0n) is 8.49. The molecule has 1 aliphatic rings. The number of nitrogens with zero attached hydrogens (tertiary/aromatic N) is 1. The van der Waals surface area contributed by atoms with E-state index >= 15 is 0 Å². The predicted octanol–water partition coefficient (Wildman–Crippen LogP) is 1.07. The third kappa shape index (κ3) is 2.33. The summed E-state index contributed by atoms with van der Waals surface area (Å²) in [7, 11) is 0. The maximum absolute atomic E-state index is 5.49. The van der Waals surface area contributed by atoms with Crippen LogP contribution in [0.1, 0.15) is 25.3 Å². The molecule has 0 amide bonds. The number of aromatic nitrogens is 2. The minimum atomic E-state index is 0.488. The summed E-state index contributed by atoms with van der Waals surface area (Å²) in [6, 6.07) is 0.626. The summed E-state index contributed by atoms with van der Waals surface area (Å²) in [5, 5.41) is 10.2. The van der Waals surface area contributed by atoms with E-state index in [4.69, 9.17) is 4.74 Å². The first kappa shape index (κ1) is 9.68. The number of hydrogen-bond donors (Lipinski definition) is 2. The molecule has 4 nitrogen and oxygen atoms in total. The second kappa shape index (κ2) is 4.57. The van der Waals surface area contributed by atoms with Crippen LogP contribution >= 0.6 is 0 Å². The SMILES string of the molecule is CCOC1CC(NCc2cn[nH]c2)C1. The maximum atomic E-state index is 5.49. The van der Waals surface area contributed by atoms with Gasteiger partial charge >= 0.3 is 0 Å². The topological polar surface area (TPSA) is 49.9 Å². The molecular weight excluding hydrogens is 178 g/mol. The highest BCUT2D eigenvalue weighted by Crippen LogP contribution is 2.23. The molecule has 1 saturated carbocycles. The molecule has 14 heavy (non-hydrogen) atoms. The first-order valence-electron chi connectivity index (χ1n) is 5.21.